The van der Waals surface area contributed by atoms with Gasteiger partial charge in [0.15, 0.2) is 5.82 Å². The molecule has 6 heteroatoms. The number of nitrogens with zero attached hydrogens (tertiary/aromatic N) is 1. The molecule has 0 aliphatic carbocycles. The number of rotatable bonds is 3. The molecule has 0 atom stereocenters. The number of hydrogen-bond acceptors (Lipinski definition) is 3. The largest absolute Gasteiger partial charge is 0.469 e. The van der Waals surface area contributed by atoms with E-state index in [0.717, 1.165) is 10.9 Å². The third kappa shape index (κ3) is 3.26. The van der Waals surface area contributed by atoms with Crippen LogP contribution >= 0.6 is 27.5 Å². The van der Waals surface area contributed by atoms with Crippen LogP contribution in [0.15, 0.2) is 40.9 Å². The number of esters is 1. The molecule has 3 rings (SSSR count). The molecule has 0 saturated heterocycles. The molecule has 2 aromatic carbocycles. The number of fused-ring (bicyclic) bond motifs is 1. The highest BCUT2D eigenvalue weighted by atomic mass is 79.9. The lowest BCUT2D eigenvalue weighted by atomic mass is 9.92. The number of carbonyl (C=O) groups excluding carboxylic acids is 1. The van der Waals surface area contributed by atoms with Gasteiger partial charge in [-0.05, 0) is 46.1 Å². The van der Waals surface area contributed by atoms with Crippen molar-refractivity contribution in [1.29, 1.82) is 0 Å². The molecule has 1 heterocycles. The van der Waals surface area contributed by atoms with Crippen molar-refractivity contribution in [1.82, 2.24) is 4.98 Å². The Morgan fingerprint density at radius 2 is 2.00 bits per heavy atom. The fourth-order valence-corrected chi connectivity index (χ4v) is 3.54. The average Bonchev–Trinajstić information content (AvgIpc) is 2.61. The van der Waals surface area contributed by atoms with E-state index >= 15 is 0 Å². The maximum absolute atomic E-state index is 14.4. The first kappa shape index (κ1) is 17.8. The van der Waals surface area contributed by atoms with Crippen molar-refractivity contribution < 1.29 is 13.9 Å². The second kappa shape index (κ2) is 7.10. The van der Waals surface area contributed by atoms with Gasteiger partial charge in [-0.15, -0.1) is 0 Å². The zero-order chi connectivity index (χ0) is 18.1. The van der Waals surface area contributed by atoms with E-state index in [9.17, 15) is 9.18 Å². The predicted octanol–water partition coefficient (Wildman–Crippen LogP) is 5.48. The Morgan fingerprint density at radius 3 is 2.72 bits per heavy atom. The first-order valence-corrected chi connectivity index (χ1v) is 8.70. The first-order valence-electron chi connectivity index (χ1n) is 7.53. The smallest absolute Gasteiger partial charge is 0.310 e. The molecular formula is C19H14BrClFNO2. The Hall–Kier alpha value is -1.98. The van der Waals surface area contributed by atoms with Crippen LogP contribution in [-0.2, 0) is 16.0 Å². The van der Waals surface area contributed by atoms with Gasteiger partial charge >= 0.3 is 5.97 Å². The molecule has 1 aromatic heterocycles. The van der Waals surface area contributed by atoms with Crippen LogP contribution in [0.4, 0.5) is 4.39 Å². The molecule has 0 spiro atoms. The molecule has 0 aliphatic heterocycles. The van der Waals surface area contributed by atoms with Gasteiger partial charge in [0.05, 0.1) is 28.5 Å². The maximum atomic E-state index is 14.4. The number of pyridine rings is 1. The van der Waals surface area contributed by atoms with Gasteiger partial charge in [-0.2, -0.15) is 0 Å². The van der Waals surface area contributed by atoms with Crippen LogP contribution < -0.4 is 0 Å². The standard InChI is InChI=1S/C19H14BrClFNO2/c1-10-13(9-16(24)25-2)17(11-5-3-4-6-15(11)23-10)12-7-8-14(20)19(22)18(12)21/h3-8H,9H2,1-2H3. The molecule has 0 fully saturated rings. The van der Waals surface area contributed by atoms with Crippen molar-refractivity contribution in [3.8, 4) is 11.1 Å². The van der Waals surface area contributed by atoms with E-state index in [4.69, 9.17) is 16.3 Å². The van der Waals surface area contributed by atoms with Crippen molar-refractivity contribution in [3.05, 3.63) is 63.0 Å². The molecule has 3 nitrogen and oxygen atoms in total. The molecule has 3 aromatic rings. The summed E-state index contributed by atoms with van der Waals surface area (Å²) in [6.07, 6.45) is 0.0313. The van der Waals surface area contributed by atoms with Crippen molar-refractivity contribution in [2.24, 2.45) is 0 Å². The fraction of sp³-hybridized carbons (Fsp3) is 0.158. The third-order valence-corrected chi connectivity index (χ3v) is 5.04. The van der Waals surface area contributed by atoms with Gasteiger partial charge in [-0.25, -0.2) is 4.39 Å². The molecule has 0 bridgehead atoms. The highest BCUT2D eigenvalue weighted by molar-refractivity contribution is 9.10. The molecule has 0 amide bonds. The van der Waals surface area contributed by atoms with Gasteiger partial charge in [0.25, 0.3) is 0 Å². The minimum atomic E-state index is -0.540. The maximum Gasteiger partial charge on any atom is 0.310 e. The highest BCUT2D eigenvalue weighted by Crippen LogP contribution is 2.40. The van der Waals surface area contributed by atoms with Crippen LogP contribution in [0, 0.1) is 12.7 Å². The Bertz CT molecular complexity index is 991. The molecule has 0 saturated carbocycles. The summed E-state index contributed by atoms with van der Waals surface area (Å²) in [5, 5.41) is 0.798. The van der Waals surface area contributed by atoms with Gasteiger partial charge in [-0.1, -0.05) is 35.9 Å². The summed E-state index contributed by atoms with van der Waals surface area (Å²) in [4.78, 5) is 16.5. The molecule has 0 radical (unpaired) electrons. The summed E-state index contributed by atoms with van der Waals surface area (Å²) in [5.41, 5.74) is 3.32. The van der Waals surface area contributed by atoms with Crippen LogP contribution in [0.2, 0.25) is 5.02 Å². The Labute approximate surface area is 157 Å². The van der Waals surface area contributed by atoms with Crippen molar-refractivity contribution >= 4 is 44.4 Å². The number of carbonyl (C=O) groups is 1. The SMILES string of the molecule is COC(=O)Cc1c(C)nc2ccccc2c1-c1ccc(Br)c(F)c1Cl. The second-order valence-corrected chi connectivity index (χ2v) is 6.78. The molecule has 128 valence electrons. The number of para-hydroxylation sites is 1. The Morgan fingerprint density at radius 1 is 1.28 bits per heavy atom. The van der Waals surface area contributed by atoms with E-state index in [1.54, 1.807) is 12.1 Å². The number of ether oxygens (including phenoxy) is 1. The quantitative estimate of drug-likeness (QED) is 0.414. The van der Waals surface area contributed by atoms with Crippen LogP contribution in [0.5, 0.6) is 0 Å². The zero-order valence-corrected chi connectivity index (χ0v) is 15.9. The van der Waals surface area contributed by atoms with Gasteiger partial charge in [0, 0.05) is 16.6 Å². The minimum absolute atomic E-state index is 0.00348. The monoisotopic (exact) mass is 421 g/mol. The van der Waals surface area contributed by atoms with Crippen molar-refractivity contribution in [2.75, 3.05) is 7.11 Å². The summed E-state index contributed by atoms with van der Waals surface area (Å²) in [5.74, 6) is -0.933. The second-order valence-electron chi connectivity index (χ2n) is 5.54. The zero-order valence-electron chi connectivity index (χ0n) is 13.6. The number of hydrogen-bond donors (Lipinski definition) is 0. The van der Waals surface area contributed by atoms with Crippen LogP contribution in [0.25, 0.3) is 22.0 Å². The van der Waals surface area contributed by atoms with Crippen molar-refractivity contribution in [2.45, 2.75) is 13.3 Å². The molecule has 25 heavy (non-hydrogen) atoms. The van der Waals surface area contributed by atoms with E-state index in [2.05, 4.69) is 20.9 Å². The van der Waals surface area contributed by atoms with Gasteiger partial charge < -0.3 is 4.74 Å². The summed E-state index contributed by atoms with van der Waals surface area (Å²) in [7, 11) is 1.33. The number of halogens is 3. The van der Waals surface area contributed by atoms with Gasteiger partial charge in [0.2, 0.25) is 0 Å². The van der Waals surface area contributed by atoms with E-state index < -0.39 is 11.8 Å². The summed E-state index contributed by atoms with van der Waals surface area (Å²) >= 11 is 9.43. The summed E-state index contributed by atoms with van der Waals surface area (Å²) < 4.78 is 19.4. The van der Waals surface area contributed by atoms with E-state index in [0.29, 0.717) is 22.4 Å². The summed E-state index contributed by atoms with van der Waals surface area (Å²) in [6, 6.07) is 10.8. The van der Waals surface area contributed by atoms with Gasteiger partial charge in [-0.3, -0.25) is 9.78 Å². The van der Waals surface area contributed by atoms with E-state index in [1.807, 2.05) is 31.2 Å². The minimum Gasteiger partial charge on any atom is -0.469 e. The molecule has 0 N–H and O–H groups in total. The molecule has 0 unspecified atom stereocenters. The lowest BCUT2D eigenvalue weighted by Gasteiger charge is -2.17. The lowest BCUT2D eigenvalue weighted by molar-refractivity contribution is -0.139. The number of benzene rings is 2. The van der Waals surface area contributed by atoms with Crippen LogP contribution in [-0.4, -0.2) is 18.1 Å². The third-order valence-electron chi connectivity index (χ3n) is 4.05. The van der Waals surface area contributed by atoms with E-state index in [1.165, 1.54) is 7.11 Å². The predicted molar refractivity (Wildman–Crippen MR) is 100 cm³/mol. The summed E-state index contributed by atoms with van der Waals surface area (Å²) in [6.45, 7) is 1.82. The Kier molecular flexibility index (Phi) is 5.06. The number of aromatic nitrogens is 1. The molecule has 0 aliphatic rings. The Balaban J connectivity index is 2.40. The molecular weight excluding hydrogens is 409 g/mol. The highest BCUT2D eigenvalue weighted by Gasteiger charge is 2.21. The number of aryl methyl sites for hydroxylation is 1. The van der Waals surface area contributed by atoms with Gasteiger partial charge in [0.1, 0.15) is 0 Å². The van der Waals surface area contributed by atoms with Crippen LogP contribution in [0.3, 0.4) is 0 Å². The van der Waals surface area contributed by atoms with Crippen LogP contribution in [0.1, 0.15) is 11.3 Å². The lowest BCUT2D eigenvalue weighted by Crippen LogP contribution is -2.09. The van der Waals surface area contributed by atoms with E-state index in [-0.39, 0.29) is 15.9 Å². The number of methoxy groups -OCH3 is 1. The topological polar surface area (TPSA) is 39.2 Å². The average molecular weight is 423 g/mol. The fourth-order valence-electron chi connectivity index (χ4n) is 2.83. The normalized spacial score (nSPS) is 10.9. The first-order chi connectivity index (χ1) is 11.9. The van der Waals surface area contributed by atoms with Crippen molar-refractivity contribution in [3.63, 3.8) is 0 Å².